The molecule has 1 aliphatic carbocycles. The summed E-state index contributed by atoms with van der Waals surface area (Å²) in [7, 11) is 1.66. The Balaban J connectivity index is 1.88. The predicted molar refractivity (Wildman–Crippen MR) is 73.0 cm³/mol. The molecular formula is C14H24N2O4. The van der Waals surface area contributed by atoms with Crippen molar-refractivity contribution in [3.8, 4) is 0 Å². The van der Waals surface area contributed by atoms with Crippen molar-refractivity contribution in [1.29, 1.82) is 0 Å². The molecule has 1 heterocycles. The number of nitrogens with zero attached hydrogens (tertiary/aromatic N) is 1. The fourth-order valence-electron chi connectivity index (χ4n) is 3.08. The second-order valence-corrected chi connectivity index (χ2v) is 5.66. The van der Waals surface area contributed by atoms with Crippen LogP contribution in [-0.2, 0) is 14.3 Å². The lowest BCUT2D eigenvalue weighted by molar-refractivity contribution is -0.165. The van der Waals surface area contributed by atoms with Gasteiger partial charge in [0.2, 0.25) is 0 Å². The van der Waals surface area contributed by atoms with Crippen molar-refractivity contribution in [2.75, 3.05) is 20.2 Å². The molecular weight excluding hydrogens is 260 g/mol. The van der Waals surface area contributed by atoms with Crippen LogP contribution in [-0.4, -0.2) is 49.3 Å². The van der Waals surface area contributed by atoms with Crippen LogP contribution in [0.15, 0.2) is 0 Å². The third-order valence-electron chi connectivity index (χ3n) is 4.28. The van der Waals surface area contributed by atoms with E-state index in [9.17, 15) is 9.59 Å². The van der Waals surface area contributed by atoms with Gasteiger partial charge in [0.05, 0.1) is 12.0 Å². The minimum Gasteiger partial charge on any atom is -0.459 e. The summed E-state index contributed by atoms with van der Waals surface area (Å²) >= 11 is 0. The Bertz CT molecular complexity index is 361. The molecule has 0 aromatic carbocycles. The molecule has 1 saturated carbocycles. The minimum atomic E-state index is -0.463. The molecule has 2 amide bonds. The van der Waals surface area contributed by atoms with Crippen molar-refractivity contribution in [1.82, 2.24) is 4.90 Å². The summed E-state index contributed by atoms with van der Waals surface area (Å²) in [5.41, 5.74) is 5.27. The first-order chi connectivity index (χ1) is 9.61. The third-order valence-corrected chi connectivity index (χ3v) is 4.28. The monoisotopic (exact) mass is 284 g/mol. The molecule has 6 heteroatoms. The van der Waals surface area contributed by atoms with Crippen molar-refractivity contribution in [3.63, 3.8) is 0 Å². The SMILES string of the molecule is CO[C@@H]1CCCC[C@@H]1OC(=O)[C@@H]1CCCN(C(N)=O)C1. The van der Waals surface area contributed by atoms with Gasteiger partial charge in [0.15, 0.2) is 0 Å². The van der Waals surface area contributed by atoms with Crippen molar-refractivity contribution < 1.29 is 19.1 Å². The van der Waals surface area contributed by atoms with Crippen LogP contribution >= 0.6 is 0 Å². The summed E-state index contributed by atoms with van der Waals surface area (Å²) in [5, 5.41) is 0. The molecule has 3 atom stereocenters. The fraction of sp³-hybridized carbons (Fsp3) is 0.857. The van der Waals surface area contributed by atoms with E-state index in [4.69, 9.17) is 15.2 Å². The van der Waals surface area contributed by atoms with Crippen molar-refractivity contribution >= 4 is 12.0 Å². The maximum Gasteiger partial charge on any atom is 0.314 e. The Hall–Kier alpha value is -1.30. The summed E-state index contributed by atoms with van der Waals surface area (Å²) in [6.07, 6.45) is 5.38. The lowest BCUT2D eigenvalue weighted by Crippen LogP contribution is -2.46. The molecule has 1 aliphatic heterocycles. The van der Waals surface area contributed by atoms with Gasteiger partial charge in [0, 0.05) is 20.2 Å². The third kappa shape index (κ3) is 3.62. The minimum absolute atomic E-state index is 0.00327. The van der Waals surface area contributed by atoms with Crippen LogP contribution in [0.4, 0.5) is 4.79 Å². The molecule has 20 heavy (non-hydrogen) atoms. The summed E-state index contributed by atoms with van der Waals surface area (Å²) in [5.74, 6) is -0.472. The molecule has 2 aliphatic rings. The number of likely N-dealkylation sites (tertiary alicyclic amines) is 1. The maximum atomic E-state index is 12.2. The number of primary amides is 1. The molecule has 0 aromatic rings. The zero-order chi connectivity index (χ0) is 14.5. The van der Waals surface area contributed by atoms with Crippen LogP contribution < -0.4 is 5.73 Å². The summed E-state index contributed by atoms with van der Waals surface area (Å²) in [6, 6.07) is -0.463. The van der Waals surface area contributed by atoms with Crippen LogP contribution in [0, 0.1) is 5.92 Å². The number of hydrogen-bond donors (Lipinski definition) is 1. The van der Waals surface area contributed by atoms with E-state index >= 15 is 0 Å². The van der Waals surface area contributed by atoms with Gasteiger partial charge < -0.3 is 20.1 Å². The Kier molecular flexibility index (Phi) is 5.23. The van der Waals surface area contributed by atoms with Gasteiger partial charge in [-0.1, -0.05) is 6.42 Å². The van der Waals surface area contributed by atoms with Crippen LogP contribution in [0.5, 0.6) is 0 Å². The van der Waals surface area contributed by atoms with E-state index in [-0.39, 0.29) is 24.1 Å². The van der Waals surface area contributed by atoms with E-state index in [1.54, 1.807) is 7.11 Å². The van der Waals surface area contributed by atoms with Crippen LogP contribution in [0.2, 0.25) is 0 Å². The van der Waals surface area contributed by atoms with Crippen LogP contribution in [0.3, 0.4) is 0 Å². The van der Waals surface area contributed by atoms with Gasteiger partial charge in [-0.2, -0.15) is 0 Å². The van der Waals surface area contributed by atoms with Gasteiger partial charge in [-0.3, -0.25) is 4.79 Å². The van der Waals surface area contributed by atoms with E-state index in [0.29, 0.717) is 13.1 Å². The van der Waals surface area contributed by atoms with Crippen LogP contribution in [0.25, 0.3) is 0 Å². The number of carbonyl (C=O) groups excluding carboxylic acids is 2. The lowest BCUT2D eigenvalue weighted by atomic mass is 9.94. The molecule has 1 saturated heterocycles. The molecule has 0 bridgehead atoms. The largest absolute Gasteiger partial charge is 0.459 e. The number of rotatable bonds is 3. The normalized spacial score (nSPS) is 30.9. The number of carbonyl (C=O) groups is 2. The number of esters is 1. The van der Waals surface area contributed by atoms with E-state index in [1.807, 2.05) is 0 Å². The van der Waals surface area contributed by atoms with E-state index in [1.165, 1.54) is 4.90 Å². The smallest absolute Gasteiger partial charge is 0.314 e. The van der Waals surface area contributed by atoms with Crippen molar-refractivity contribution in [2.24, 2.45) is 11.7 Å². The van der Waals surface area contributed by atoms with Gasteiger partial charge in [0.1, 0.15) is 6.10 Å². The summed E-state index contributed by atoms with van der Waals surface area (Å²) < 4.78 is 11.0. The number of ether oxygens (including phenoxy) is 2. The van der Waals surface area contributed by atoms with Gasteiger partial charge in [-0.15, -0.1) is 0 Å². The van der Waals surface area contributed by atoms with E-state index in [0.717, 1.165) is 38.5 Å². The number of nitrogens with two attached hydrogens (primary N) is 1. The van der Waals surface area contributed by atoms with E-state index in [2.05, 4.69) is 0 Å². The number of piperidine rings is 1. The van der Waals surface area contributed by atoms with E-state index < -0.39 is 6.03 Å². The topological polar surface area (TPSA) is 81.9 Å². The second-order valence-electron chi connectivity index (χ2n) is 5.66. The summed E-state index contributed by atoms with van der Waals surface area (Å²) in [4.78, 5) is 24.9. The number of urea groups is 1. The van der Waals surface area contributed by atoms with Crippen molar-refractivity contribution in [3.05, 3.63) is 0 Å². The maximum absolute atomic E-state index is 12.2. The molecule has 2 rings (SSSR count). The second kappa shape index (κ2) is 6.92. The zero-order valence-electron chi connectivity index (χ0n) is 12.0. The highest BCUT2D eigenvalue weighted by atomic mass is 16.6. The van der Waals surface area contributed by atoms with Gasteiger partial charge in [-0.05, 0) is 32.1 Å². The predicted octanol–water partition coefficient (Wildman–Crippen LogP) is 1.28. The molecule has 2 N–H and O–H groups in total. The molecule has 0 spiro atoms. The zero-order valence-corrected chi connectivity index (χ0v) is 12.0. The van der Waals surface area contributed by atoms with Gasteiger partial charge in [-0.25, -0.2) is 4.79 Å². The molecule has 2 fully saturated rings. The average Bonchev–Trinajstić information content (AvgIpc) is 2.48. The van der Waals surface area contributed by atoms with Crippen LogP contribution in [0.1, 0.15) is 38.5 Å². The Morgan fingerprint density at radius 2 is 1.80 bits per heavy atom. The molecule has 6 nitrogen and oxygen atoms in total. The number of methoxy groups -OCH3 is 1. The highest BCUT2D eigenvalue weighted by molar-refractivity contribution is 5.76. The molecule has 0 unspecified atom stereocenters. The number of hydrogen-bond acceptors (Lipinski definition) is 4. The Morgan fingerprint density at radius 1 is 1.10 bits per heavy atom. The standard InChI is InChI=1S/C14H24N2O4/c1-19-11-6-2-3-7-12(11)20-13(17)10-5-4-8-16(9-10)14(15)18/h10-12H,2-9H2,1H3,(H2,15,18)/t10-,11-,12+/m1/s1. The van der Waals surface area contributed by atoms with Gasteiger partial charge >= 0.3 is 12.0 Å². The first-order valence-corrected chi connectivity index (χ1v) is 7.39. The first kappa shape index (κ1) is 15.1. The lowest BCUT2D eigenvalue weighted by Gasteiger charge is -2.34. The highest BCUT2D eigenvalue weighted by Crippen LogP contribution is 2.26. The summed E-state index contributed by atoms with van der Waals surface area (Å²) in [6.45, 7) is 1.00. The quantitative estimate of drug-likeness (QED) is 0.791. The molecule has 0 aromatic heterocycles. The molecule has 114 valence electrons. The molecule has 0 radical (unpaired) electrons. The average molecular weight is 284 g/mol. The highest BCUT2D eigenvalue weighted by Gasteiger charge is 2.33. The number of amides is 2. The Labute approximate surface area is 119 Å². The van der Waals surface area contributed by atoms with Crippen molar-refractivity contribution in [2.45, 2.75) is 50.7 Å². The van der Waals surface area contributed by atoms with Gasteiger partial charge in [0.25, 0.3) is 0 Å². The first-order valence-electron chi connectivity index (χ1n) is 7.39. The Morgan fingerprint density at radius 3 is 2.45 bits per heavy atom. The fourth-order valence-corrected chi connectivity index (χ4v) is 3.08.